The molecule has 2 aromatic carbocycles. The Labute approximate surface area is 263 Å². The minimum Gasteiger partial charge on any atom is -0.456 e. The van der Waals surface area contributed by atoms with Crippen LogP contribution >= 0.6 is 0 Å². The second-order valence-electron chi connectivity index (χ2n) is 10.4. The first-order valence-corrected chi connectivity index (χ1v) is 13.1. The summed E-state index contributed by atoms with van der Waals surface area (Å²) >= 11 is 0. The van der Waals surface area contributed by atoms with Crippen LogP contribution in [0.15, 0.2) is 55.0 Å². The van der Waals surface area contributed by atoms with Crippen LogP contribution in [0.5, 0.6) is 11.5 Å². The van der Waals surface area contributed by atoms with Crippen molar-refractivity contribution in [2.45, 2.75) is 35.4 Å². The number of hydrogen-bond acceptors (Lipinski definition) is 9. The number of rotatable bonds is 10. The third kappa shape index (κ3) is 6.36. The minimum atomic E-state index is -3.67. The largest absolute Gasteiger partial charge is 0.456 e. The molecule has 0 fully saturated rings. The molecule has 0 unspecified atom stereocenters. The van der Waals surface area contributed by atoms with Gasteiger partial charge in [0.25, 0.3) is 5.91 Å². The number of benzene rings is 2. The van der Waals surface area contributed by atoms with Crippen LogP contribution in [0.1, 0.15) is 21.5 Å². The molecule has 2 heterocycles. The van der Waals surface area contributed by atoms with Crippen LogP contribution in [-0.2, 0) is 16.8 Å². The molecule has 0 saturated carbocycles. The summed E-state index contributed by atoms with van der Waals surface area (Å²) in [5.41, 5.74) is -9.41. The molecule has 12 nitrogen and oxygen atoms in total. The van der Waals surface area contributed by atoms with E-state index in [4.69, 9.17) is 44.0 Å². The summed E-state index contributed by atoms with van der Waals surface area (Å²) in [6.07, 6.45) is 2.80. The van der Waals surface area contributed by atoms with E-state index in [2.05, 4.69) is 20.7 Å². The van der Waals surface area contributed by atoms with Gasteiger partial charge in [-0.2, -0.15) is 5.10 Å². The molecule has 0 atom stereocenters. The van der Waals surface area contributed by atoms with Crippen molar-refractivity contribution in [2.24, 2.45) is 0 Å². The van der Waals surface area contributed by atoms with Gasteiger partial charge in [0.05, 0.1) is 47.4 Å². The van der Waals surface area contributed by atoms with Gasteiger partial charge in [-0.05, 0) is 48.4 Å². The number of carbonyl (C=O) groups excluding carboxylic acids is 2. The number of nitrogens with one attached hydrogen (secondary N) is 2. The standard InChI is InChI=1S/C27H23B5FN5O7/c1-13-7-15(18(33)10-21(13)45-20-5-6-35-19-4-3-14(8-17(19)20)23(40)34-2)9-22(39)37-16-11-36-38(12-16)24(25(28,29)30,26(31,41)42)27(32,43)44/h3-8,10-12,41-44H,9H2,1-2H3,(H,34,40)(H,37,39). The number of nitrogens with zero attached hydrogens (tertiary/aromatic N) is 3. The van der Waals surface area contributed by atoms with Gasteiger partial charge in [-0.1, -0.05) is 5.11 Å². The maximum absolute atomic E-state index is 15.2. The van der Waals surface area contributed by atoms with E-state index in [1.54, 1.807) is 31.2 Å². The number of fused-ring (bicyclic) bond motifs is 1. The van der Waals surface area contributed by atoms with Gasteiger partial charge >= 0.3 is 0 Å². The number of aryl methyl sites for hydroxylation is 1. The molecular formula is C27H23B5FN5O7. The summed E-state index contributed by atoms with van der Waals surface area (Å²) in [5.74, 6) is -1.36. The Hall–Kier alpha value is -4.11. The summed E-state index contributed by atoms with van der Waals surface area (Å²) < 4.78 is 21.6. The van der Waals surface area contributed by atoms with Crippen LogP contribution < -0.4 is 15.4 Å². The highest BCUT2D eigenvalue weighted by Gasteiger charge is 2.64. The lowest BCUT2D eigenvalue weighted by Gasteiger charge is -2.57. The van der Waals surface area contributed by atoms with Crippen molar-refractivity contribution in [1.82, 2.24) is 20.1 Å². The van der Waals surface area contributed by atoms with E-state index in [-0.39, 0.29) is 22.9 Å². The summed E-state index contributed by atoms with van der Waals surface area (Å²) in [6, 6.07) is 8.95. The fourth-order valence-electron chi connectivity index (χ4n) is 4.98. The summed E-state index contributed by atoms with van der Waals surface area (Å²) in [6.45, 7) is 1.64. The van der Waals surface area contributed by atoms with Crippen LogP contribution in [0.3, 0.4) is 0 Å². The molecular weight excluding hydrogens is 579 g/mol. The molecule has 18 heteroatoms. The number of hydrogen-bond donors (Lipinski definition) is 6. The molecule has 4 aromatic rings. The first-order valence-electron chi connectivity index (χ1n) is 13.1. The average molecular weight is 603 g/mol. The molecule has 2 aromatic heterocycles. The third-order valence-corrected chi connectivity index (χ3v) is 7.01. The van der Waals surface area contributed by atoms with Crippen molar-refractivity contribution in [2.75, 3.05) is 12.4 Å². The van der Waals surface area contributed by atoms with Crippen LogP contribution in [0, 0.1) is 12.7 Å². The number of amides is 2. The van der Waals surface area contributed by atoms with E-state index in [0.717, 1.165) is 18.5 Å². The monoisotopic (exact) mass is 603 g/mol. The van der Waals surface area contributed by atoms with Crippen molar-refractivity contribution in [3.63, 3.8) is 0 Å². The van der Waals surface area contributed by atoms with Gasteiger partial charge in [-0.3, -0.25) is 19.3 Å². The maximum atomic E-state index is 15.2. The van der Waals surface area contributed by atoms with Gasteiger partial charge in [0.15, 0.2) is 15.7 Å². The number of ether oxygens (including phenoxy) is 1. The smallest absolute Gasteiger partial charge is 0.251 e. The molecule has 10 radical (unpaired) electrons. The normalized spacial score (nSPS) is 12.6. The Morgan fingerprint density at radius 2 is 1.67 bits per heavy atom. The van der Waals surface area contributed by atoms with Gasteiger partial charge in [-0.15, -0.1) is 0 Å². The molecule has 6 N–H and O–H groups in total. The molecule has 0 bridgehead atoms. The molecule has 0 aliphatic carbocycles. The Bertz CT molecular complexity index is 1730. The van der Waals surface area contributed by atoms with E-state index in [9.17, 15) is 30.0 Å². The molecule has 2 amide bonds. The lowest BCUT2D eigenvalue weighted by molar-refractivity contribution is -0.275. The Morgan fingerprint density at radius 1 is 1.00 bits per heavy atom. The molecule has 0 spiro atoms. The number of aliphatic hydroxyl groups is 4. The van der Waals surface area contributed by atoms with E-state index in [0.29, 0.717) is 32.5 Å². The van der Waals surface area contributed by atoms with Crippen LogP contribution in [-0.4, -0.2) is 105 Å². The minimum absolute atomic E-state index is 0.0103. The fourth-order valence-corrected chi connectivity index (χ4v) is 4.98. The highest BCUT2D eigenvalue weighted by atomic mass is 19.1. The van der Waals surface area contributed by atoms with Crippen molar-refractivity contribution < 1.29 is 39.1 Å². The molecule has 45 heavy (non-hydrogen) atoms. The van der Waals surface area contributed by atoms with Gasteiger partial charge < -0.3 is 35.8 Å². The lowest BCUT2D eigenvalue weighted by atomic mass is 9.30. The first kappa shape index (κ1) is 33.8. The number of anilines is 1. The molecule has 0 aliphatic rings. The van der Waals surface area contributed by atoms with Gasteiger partial charge in [-0.25, -0.2) is 4.39 Å². The van der Waals surface area contributed by atoms with Crippen LogP contribution in [0.4, 0.5) is 10.1 Å². The SMILES string of the molecule is [B]C([B])([B])C(n1cc(NC(=O)Cc2cc(C)c(Oc3ccnc4ccc(C(=O)NC)cc34)cc2F)cn1)(C([B])(O)O)C([B])(O)O. The van der Waals surface area contributed by atoms with Crippen LogP contribution in [0.2, 0.25) is 5.11 Å². The fraction of sp³-hybridized carbons (Fsp3) is 0.259. The van der Waals surface area contributed by atoms with E-state index in [1.807, 2.05) is 0 Å². The highest BCUT2D eigenvalue weighted by Crippen LogP contribution is 2.48. The predicted octanol–water partition coefficient (Wildman–Crippen LogP) is -0.900. The molecule has 0 aliphatic heterocycles. The van der Waals surface area contributed by atoms with Gasteiger partial charge in [0.2, 0.25) is 5.91 Å². The van der Waals surface area contributed by atoms with Gasteiger partial charge in [0.1, 0.15) is 34.2 Å². The zero-order valence-electron chi connectivity index (χ0n) is 24.0. The van der Waals surface area contributed by atoms with Crippen molar-refractivity contribution in [3.05, 3.63) is 77.5 Å². The number of halogens is 1. The number of aromatic nitrogens is 3. The van der Waals surface area contributed by atoms with E-state index in [1.165, 1.54) is 19.3 Å². The van der Waals surface area contributed by atoms with E-state index >= 15 is 4.39 Å². The second-order valence-corrected chi connectivity index (χ2v) is 10.4. The van der Waals surface area contributed by atoms with Crippen LogP contribution in [0.25, 0.3) is 10.9 Å². The molecule has 4 rings (SSSR count). The summed E-state index contributed by atoms with van der Waals surface area (Å²) in [5, 5.41) is 47.0. The topological polar surface area (TPSA) is 179 Å². The summed E-state index contributed by atoms with van der Waals surface area (Å²) in [4.78, 5) is 29.2. The van der Waals surface area contributed by atoms with Crippen molar-refractivity contribution in [1.29, 1.82) is 0 Å². The maximum Gasteiger partial charge on any atom is 0.251 e. The summed E-state index contributed by atoms with van der Waals surface area (Å²) in [7, 11) is 29.0. The lowest BCUT2D eigenvalue weighted by Crippen LogP contribution is -2.75. The Kier molecular flexibility index (Phi) is 9.01. The second kappa shape index (κ2) is 12.0. The third-order valence-electron chi connectivity index (χ3n) is 7.01. The zero-order valence-corrected chi connectivity index (χ0v) is 24.0. The number of carbonyl (C=O) groups is 2. The zero-order chi connectivity index (χ0) is 33.5. The predicted molar refractivity (Wildman–Crippen MR) is 165 cm³/mol. The quantitative estimate of drug-likeness (QED) is 0.0991. The Morgan fingerprint density at radius 3 is 2.27 bits per heavy atom. The van der Waals surface area contributed by atoms with Crippen molar-refractivity contribution >= 4 is 67.6 Å². The van der Waals surface area contributed by atoms with Crippen molar-refractivity contribution in [3.8, 4) is 11.5 Å². The first-order chi connectivity index (χ1) is 20.8. The van der Waals surface area contributed by atoms with Gasteiger partial charge in [0, 0.05) is 36.5 Å². The molecule has 0 saturated heterocycles. The van der Waals surface area contributed by atoms with E-state index < -0.39 is 40.2 Å². The average Bonchev–Trinajstić information content (AvgIpc) is 3.36. The highest BCUT2D eigenvalue weighted by molar-refractivity contribution is 6.60. The molecule has 220 valence electrons. The number of pyridine rings is 1. The Balaban J connectivity index is 1.56.